The summed E-state index contributed by atoms with van der Waals surface area (Å²) in [6.07, 6.45) is 0. The monoisotopic (exact) mass is 422 g/mol. The molecular formula is C19H19ClN2O3S2. The Morgan fingerprint density at radius 1 is 1.22 bits per heavy atom. The van der Waals surface area contributed by atoms with Gasteiger partial charge in [0.25, 0.3) is 0 Å². The molecule has 5 nitrogen and oxygen atoms in total. The van der Waals surface area contributed by atoms with Gasteiger partial charge in [0, 0.05) is 10.8 Å². The number of nitrogens with zero attached hydrogens (tertiary/aromatic N) is 2. The first-order valence-electron chi connectivity index (χ1n) is 8.54. The van der Waals surface area contributed by atoms with Crippen LogP contribution in [0.2, 0.25) is 5.02 Å². The average molecular weight is 423 g/mol. The Hall–Kier alpha value is -1.70. The minimum absolute atomic E-state index is 0.102. The van der Waals surface area contributed by atoms with Gasteiger partial charge in [0.1, 0.15) is 5.75 Å². The zero-order valence-electron chi connectivity index (χ0n) is 14.7. The highest BCUT2D eigenvalue weighted by molar-refractivity contribution is 8.13. The first-order valence-corrected chi connectivity index (χ1v) is 11.7. The first kappa shape index (κ1) is 18.7. The Morgan fingerprint density at radius 2 is 2.04 bits per heavy atom. The number of hydrogen-bond donors (Lipinski definition) is 0. The van der Waals surface area contributed by atoms with Crippen LogP contribution in [0.4, 0.5) is 5.69 Å². The van der Waals surface area contributed by atoms with Gasteiger partial charge in [-0.2, -0.15) is 0 Å². The summed E-state index contributed by atoms with van der Waals surface area (Å²) in [6, 6.07) is 15.0. The van der Waals surface area contributed by atoms with Crippen molar-refractivity contribution in [3.8, 4) is 5.75 Å². The van der Waals surface area contributed by atoms with Crippen LogP contribution in [0.3, 0.4) is 0 Å². The minimum Gasteiger partial charge on any atom is -0.495 e. The lowest BCUT2D eigenvalue weighted by Crippen LogP contribution is -2.39. The fourth-order valence-corrected chi connectivity index (χ4v) is 6.63. The summed E-state index contributed by atoms with van der Waals surface area (Å²) in [6.45, 7) is 0. The number of hydrogen-bond acceptors (Lipinski definition) is 6. The molecule has 27 heavy (non-hydrogen) atoms. The molecule has 2 aromatic rings. The highest BCUT2D eigenvalue weighted by atomic mass is 35.5. The normalized spacial score (nSPS) is 23.2. The second kappa shape index (κ2) is 7.37. The smallest absolute Gasteiger partial charge is 0.164 e. The molecule has 0 aliphatic carbocycles. The van der Waals surface area contributed by atoms with E-state index in [0.29, 0.717) is 16.5 Å². The molecule has 2 aliphatic heterocycles. The lowest BCUT2D eigenvalue weighted by Gasteiger charge is -2.27. The van der Waals surface area contributed by atoms with Crippen LogP contribution in [0, 0.1) is 0 Å². The number of thioether (sulfide) groups is 1. The molecule has 0 N–H and O–H groups in total. The maximum absolute atomic E-state index is 12.2. The fraction of sp³-hybridized carbons (Fsp3) is 0.316. The van der Waals surface area contributed by atoms with Crippen LogP contribution in [0.15, 0.2) is 53.5 Å². The molecule has 2 aliphatic rings. The number of para-hydroxylation sites is 2. The first-order chi connectivity index (χ1) is 13.0. The molecule has 1 fully saturated rings. The summed E-state index contributed by atoms with van der Waals surface area (Å²) in [5.41, 5.74) is 1.95. The van der Waals surface area contributed by atoms with E-state index in [1.165, 1.54) is 0 Å². The Morgan fingerprint density at radius 3 is 2.81 bits per heavy atom. The number of halogens is 1. The number of aliphatic imine (C=N–C) groups is 1. The number of sulfone groups is 1. The van der Waals surface area contributed by atoms with Gasteiger partial charge in [-0.25, -0.2) is 8.42 Å². The Kier molecular flexibility index (Phi) is 5.09. The Bertz CT molecular complexity index is 994. The molecule has 2 heterocycles. The van der Waals surface area contributed by atoms with Crippen LogP contribution in [0.25, 0.3) is 0 Å². The molecule has 2 aromatic carbocycles. The number of ether oxygens (including phenoxy) is 1. The predicted molar refractivity (Wildman–Crippen MR) is 112 cm³/mol. The molecule has 0 bridgehead atoms. The van der Waals surface area contributed by atoms with Gasteiger partial charge in [-0.1, -0.05) is 47.6 Å². The van der Waals surface area contributed by atoms with E-state index >= 15 is 0 Å². The number of amidine groups is 1. The van der Waals surface area contributed by atoms with E-state index in [1.54, 1.807) is 18.9 Å². The number of anilines is 1. The largest absolute Gasteiger partial charge is 0.495 e. The highest BCUT2D eigenvalue weighted by Crippen LogP contribution is 2.39. The van der Waals surface area contributed by atoms with Gasteiger partial charge < -0.3 is 9.64 Å². The van der Waals surface area contributed by atoms with Crippen molar-refractivity contribution in [2.45, 2.75) is 17.8 Å². The summed E-state index contributed by atoms with van der Waals surface area (Å²) in [5, 5.41) is 1.52. The van der Waals surface area contributed by atoms with Gasteiger partial charge in [0.2, 0.25) is 0 Å². The van der Waals surface area contributed by atoms with Crippen LogP contribution in [0.1, 0.15) is 5.56 Å². The lowest BCUT2D eigenvalue weighted by atomic mass is 10.1. The Labute approximate surface area is 168 Å². The van der Waals surface area contributed by atoms with E-state index < -0.39 is 9.84 Å². The van der Waals surface area contributed by atoms with Crippen molar-refractivity contribution in [1.82, 2.24) is 0 Å². The standard InChI is InChI=1S/C19H19ClN2O3S2/c1-25-18-8-3-2-7-16(18)22-17-12-27(23,24)11-15(17)21-19(22)26-10-13-5-4-6-14(20)9-13/h2-9,15,17H,10-12H2,1H3. The van der Waals surface area contributed by atoms with Crippen molar-refractivity contribution in [2.75, 3.05) is 23.5 Å². The second-order valence-electron chi connectivity index (χ2n) is 6.58. The lowest BCUT2D eigenvalue weighted by molar-refractivity contribution is 0.415. The fourth-order valence-electron chi connectivity index (χ4n) is 3.52. The molecule has 0 saturated carbocycles. The van der Waals surface area contributed by atoms with Crippen molar-refractivity contribution in [3.63, 3.8) is 0 Å². The zero-order valence-corrected chi connectivity index (χ0v) is 17.1. The van der Waals surface area contributed by atoms with E-state index in [0.717, 1.165) is 16.4 Å². The van der Waals surface area contributed by atoms with Crippen molar-refractivity contribution in [2.24, 2.45) is 4.99 Å². The SMILES string of the molecule is COc1ccccc1N1C(SCc2cccc(Cl)c2)=NC2CS(=O)(=O)CC21. The third kappa shape index (κ3) is 3.81. The van der Waals surface area contributed by atoms with Crippen molar-refractivity contribution in [3.05, 3.63) is 59.1 Å². The summed E-state index contributed by atoms with van der Waals surface area (Å²) >= 11 is 7.67. The summed E-state index contributed by atoms with van der Waals surface area (Å²) in [7, 11) is -1.46. The van der Waals surface area contributed by atoms with Crippen LogP contribution in [-0.4, -0.2) is 44.3 Å². The van der Waals surface area contributed by atoms with E-state index in [1.807, 2.05) is 53.4 Å². The van der Waals surface area contributed by atoms with Gasteiger partial charge in [0.15, 0.2) is 15.0 Å². The quantitative estimate of drug-likeness (QED) is 0.753. The second-order valence-corrected chi connectivity index (χ2v) is 10.1. The number of benzene rings is 2. The van der Waals surface area contributed by atoms with E-state index in [-0.39, 0.29) is 23.6 Å². The molecular weight excluding hydrogens is 404 g/mol. The van der Waals surface area contributed by atoms with Crippen LogP contribution in [-0.2, 0) is 15.6 Å². The summed E-state index contributed by atoms with van der Waals surface area (Å²) in [5.74, 6) is 1.63. The third-order valence-corrected chi connectivity index (χ3v) is 7.68. The van der Waals surface area contributed by atoms with Gasteiger partial charge in [0.05, 0.1) is 36.4 Å². The molecule has 1 saturated heterocycles. The predicted octanol–water partition coefficient (Wildman–Crippen LogP) is 3.62. The maximum atomic E-state index is 12.2. The van der Waals surface area contributed by atoms with Crippen LogP contribution >= 0.6 is 23.4 Å². The zero-order chi connectivity index (χ0) is 19.0. The number of methoxy groups -OCH3 is 1. The molecule has 0 aromatic heterocycles. The summed E-state index contributed by atoms with van der Waals surface area (Å²) in [4.78, 5) is 6.79. The Balaban J connectivity index is 1.65. The topological polar surface area (TPSA) is 59.0 Å². The average Bonchev–Trinajstić information content (AvgIpc) is 3.11. The third-order valence-electron chi connectivity index (χ3n) is 4.71. The van der Waals surface area contributed by atoms with Crippen molar-refractivity contribution in [1.29, 1.82) is 0 Å². The molecule has 0 spiro atoms. The van der Waals surface area contributed by atoms with Gasteiger partial charge >= 0.3 is 0 Å². The van der Waals surface area contributed by atoms with Crippen molar-refractivity contribution < 1.29 is 13.2 Å². The number of rotatable bonds is 4. The van der Waals surface area contributed by atoms with E-state index in [2.05, 4.69) is 0 Å². The van der Waals surface area contributed by atoms with Gasteiger partial charge in [-0.05, 0) is 29.8 Å². The molecule has 0 radical (unpaired) electrons. The highest BCUT2D eigenvalue weighted by Gasteiger charge is 2.47. The molecule has 8 heteroatoms. The molecule has 2 unspecified atom stereocenters. The van der Waals surface area contributed by atoms with Gasteiger partial charge in [-0.3, -0.25) is 4.99 Å². The molecule has 2 atom stereocenters. The van der Waals surface area contributed by atoms with E-state index in [4.69, 9.17) is 21.3 Å². The van der Waals surface area contributed by atoms with Crippen molar-refractivity contribution >= 4 is 44.1 Å². The van der Waals surface area contributed by atoms with Crippen LogP contribution < -0.4 is 9.64 Å². The summed E-state index contributed by atoms with van der Waals surface area (Å²) < 4.78 is 29.8. The molecule has 142 valence electrons. The van der Waals surface area contributed by atoms with E-state index in [9.17, 15) is 8.42 Å². The van der Waals surface area contributed by atoms with Gasteiger partial charge in [-0.15, -0.1) is 0 Å². The minimum atomic E-state index is -3.08. The molecule has 4 rings (SSSR count). The van der Waals surface area contributed by atoms with Crippen LogP contribution in [0.5, 0.6) is 5.75 Å². The molecule has 0 amide bonds. The number of fused-ring (bicyclic) bond motifs is 1. The maximum Gasteiger partial charge on any atom is 0.164 e.